The third kappa shape index (κ3) is 11.2. The summed E-state index contributed by atoms with van der Waals surface area (Å²) in [6.07, 6.45) is 8.13. The summed E-state index contributed by atoms with van der Waals surface area (Å²) < 4.78 is 9.68. The van der Waals surface area contributed by atoms with E-state index in [1.165, 1.54) is 25.7 Å². The fraction of sp³-hybridized carbons (Fsp3) is 0.714. The normalized spacial score (nSPS) is 9.83. The van der Waals surface area contributed by atoms with Crippen LogP contribution in [0.1, 0.15) is 51.9 Å². The van der Waals surface area contributed by atoms with Crippen LogP contribution in [0.25, 0.3) is 0 Å². The van der Waals surface area contributed by atoms with Gasteiger partial charge in [0.15, 0.2) is 0 Å². The Bertz CT molecular complexity index is 248. The first kappa shape index (κ1) is 16.7. The lowest BCUT2D eigenvalue weighted by Crippen LogP contribution is -2.11. The molecule has 0 atom stereocenters. The van der Waals surface area contributed by atoms with E-state index in [-0.39, 0.29) is 19.0 Å². The van der Waals surface area contributed by atoms with Gasteiger partial charge in [-0.15, -0.1) is 0 Å². The van der Waals surface area contributed by atoms with E-state index in [0.29, 0.717) is 6.61 Å². The van der Waals surface area contributed by atoms with Crippen LogP contribution in [0.3, 0.4) is 0 Å². The molecular weight excluding hydrogens is 232 g/mol. The maximum atomic E-state index is 11.2. The van der Waals surface area contributed by atoms with Gasteiger partial charge in [-0.1, -0.05) is 45.6 Å². The molecule has 0 aliphatic rings. The molecule has 0 rings (SSSR count). The minimum atomic E-state index is -0.515. The van der Waals surface area contributed by atoms with Gasteiger partial charge in [0.1, 0.15) is 6.61 Å². The number of ether oxygens (including phenoxy) is 2. The largest absolute Gasteiger partial charge is 0.466 e. The smallest absolute Gasteiger partial charge is 0.330 e. The van der Waals surface area contributed by atoms with E-state index in [0.717, 1.165) is 18.9 Å². The molecule has 0 N–H and O–H groups in total. The second-order valence-electron chi connectivity index (χ2n) is 4.11. The molecule has 104 valence electrons. The summed E-state index contributed by atoms with van der Waals surface area (Å²) in [5.41, 5.74) is 0. The molecule has 0 saturated carbocycles. The molecule has 0 radical (unpaired) electrons. The van der Waals surface area contributed by atoms with Crippen LogP contribution >= 0.6 is 0 Å². The van der Waals surface area contributed by atoms with E-state index in [1.807, 2.05) is 0 Å². The fourth-order valence-corrected chi connectivity index (χ4v) is 1.43. The molecule has 18 heavy (non-hydrogen) atoms. The van der Waals surface area contributed by atoms with E-state index in [2.05, 4.69) is 18.2 Å². The molecule has 0 spiro atoms. The summed E-state index contributed by atoms with van der Waals surface area (Å²) in [6, 6.07) is 0. The van der Waals surface area contributed by atoms with Crippen molar-refractivity contribution in [3.05, 3.63) is 12.7 Å². The molecule has 0 aliphatic heterocycles. The van der Waals surface area contributed by atoms with Crippen molar-refractivity contribution < 1.29 is 19.1 Å². The van der Waals surface area contributed by atoms with E-state index in [9.17, 15) is 9.59 Å². The maximum absolute atomic E-state index is 11.2. The van der Waals surface area contributed by atoms with Crippen LogP contribution in [0, 0.1) is 0 Å². The molecule has 0 aromatic carbocycles. The van der Waals surface area contributed by atoms with Crippen LogP contribution < -0.4 is 0 Å². The number of hydrogen-bond acceptors (Lipinski definition) is 4. The van der Waals surface area contributed by atoms with Gasteiger partial charge in [0.05, 0.1) is 13.0 Å². The topological polar surface area (TPSA) is 52.6 Å². The highest BCUT2D eigenvalue weighted by Gasteiger charge is 2.04. The Labute approximate surface area is 109 Å². The van der Waals surface area contributed by atoms with Crippen molar-refractivity contribution in [1.29, 1.82) is 0 Å². The van der Waals surface area contributed by atoms with Gasteiger partial charge in [0.2, 0.25) is 0 Å². The van der Waals surface area contributed by atoms with E-state index in [1.54, 1.807) is 0 Å². The fourth-order valence-electron chi connectivity index (χ4n) is 1.43. The molecule has 0 unspecified atom stereocenters. The summed E-state index contributed by atoms with van der Waals surface area (Å²) in [4.78, 5) is 21.9. The SMILES string of the molecule is C=CC(=O)OCCC(=O)OCCCCCCCC. The van der Waals surface area contributed by atoms with Gasteiger partial charge in [-0.25, -0.2) is 4.79 Å². The zero-order chi connectivity index (χ0) is 13.6. The molecule has 0 aromatic rings. The first-order chi connectivity index (χ1) is 8.70. The molecule has 0 bridgehead atoms. The third-order valence-electron chi connectivity index (χ3n) is 2.48. The van der Waals surface area contributed by atoms with Crippen LogP contribution in [0.15, 0.2) is 12.7 Å². The molecule has 0 heterocycles. The van der Waals surface area contributed by atoms with Gasteiger partial charge >= 0.3 is 11.9 Å². The predicted molar refractivity (Wildman–Crippen MR) is 70.1 cm³/mol. The molecule has 0 saturated heterocycles. The minimum Gasteiger partial charge on any atom is -0.466 e. The lowest BCUT2D eigenvalue weighted by Gasteiger charge is -2.05. The molecule has 0 aromatic heterocycles. The summed E-state index contributed by atoms with van der Waals surface area (Å²) in [6.45, 7) is 5.95. The van der Waals surface area contributed by atoms with Gasteiger partial charge in [0, 0.05) is 6.08 Å². The average molecular weight is 256 g/mol. The van der Waals surface area contributed by atoms with Gasteiger partial charge in [0.25, 0.3) is 0 Å². The van der Waals surface area contributed by atoms with Gasteiger partial charge in [-0.3, -0.25) is 4.79 Å². The van der Waals surface area contributed by atoms with Crippen molar-refractivity contribution in [2.75, 3.05) is 13.2 Å². The first-order valence-corrected chi connectivity index (χ1v) is 6.65. The molecule has 0 aliphatic carbocycles. The number of esters is 2. The van der Waals surface area contributed by atoms with Crippen molar-refractivity contribution in [1.82, 2.24) is 0 Å². The molecule has 4 nitrogen and oxygen atoms in total. The zero-order valence-electron chi connectivity index (χ0n) is 11.3. The minimum absolute atomic E-state index is 0.0557. The Morgan fingerprint density at radius 2 is 1.67 bits per heavy atom. The van der Waals surface area contributed by atoms with Gasteiger partial charge in [-0.05, 0) is 6.42 Å². The van der Waals surface area contributed by atoms with Crippen molar-refractivity contribution >= 4 is 11.9 Å². The lowest BCUT2D eigenvalue weighted by atomic mass is 10.1. The molecular formula is C14H24O4. The number of hydrogen-bond donors (Lipinski definition) is 0. The predicted octanol–water partition coefficient (Wildman–Crippen LogP) is 3.01. The highest BCUT2D eigenvalue weighted by Crippen LogP contribution is 2.05. The summed E-state index contributed by atoms with van der Waals surface area (Å²) in [5, 5.41) is 0. The highest BCUT2D eigenvalue weighted by molar-refractivity contribution is 5.81. The second kappa shape index (κ2) is 12.1. The van der Waals surface area contributed by atoms with Crippen LogP contribution in [-0.2, 0) is 19.1 Å². The maximum Gasteiger partial charge on any atom is 0.330 e. The number of carbonyl (C=O) groups excluding carboxylic acids is 2. The monoisotopic (exact) mass is 256 g/mol. The van der Waals surface area contributed by atoms with Crippen molar-refractivity contribution in [3.8, 4) is 0 Å². The van der Waals surface area contributed by atoms with Crippen molar-refractivity contribution in [3.63, 3.8) is 0 Å². The Hall–Kier alpha value is -1.32. The quantitative estimate of drug-likeness (QED) is 0.324. The van der Waals surface area contributed by atoms with Crippen LogP contribution in [0.5, 0.6) is 0 Å². The highest BCUT2D eigenvalue weighted by atomic mass is 16.5. The van der Waals surface area contributed by atoms with E-state index >= 15 is 0 Å². The third-order valence-corrected chi connectivity index (χ3v) is 2.48. The molecule has 4 heteroatoms. The Morgan fingerprint density at radius 1 is 1.00 bits per heavy atom. The van der Waals surface area contributed by atoms with Crippen molar-refractivity contribution in [2.45, 2.75) is 51.9 Å². The summed E-state index contributed by atoms with van der Waals surface area (Å²) in [5.74, 6) is -0.834. The summed E-state index contributed by atoms with van der Waals surface area (Å²) >= 11 is 0. The zero-order valence-corrected chi connectivity index (χ0v) is 11.3. The Balaban J connectivity index is 3.26. The van der Waals surface area contributed by atoms with E-state index < -0.39 is 5.97 Å². The number of carbonyl (C=O) groups is 2. The van der Waals surface area contributed by atoms with Crippen molar-refractivity contribution in [2.24, 2.45) is 0 Å². The molecule has 0 amide bonds. The number of rotatable bonds is 11. The van der Waals surface area contributed by atoms with Crippen LogP contribution in [0.2, 0.25) is 0 Å². The first-order valence-electron chi connectivity index (χ1n) is 6.65. The average Bonchev–Trinajstić information content (AvgIpc) is 2.37. The number of unbranched alkanes of at least 4 members (excludes halogenated alkanes) is 5. The van der Waals surface area contributed by atoms with Crippen LogP contribution in [0.4, 0.5) is 0 Å². The molecule has 0 fully saturated rings. The Kier molecular flexibility index (Phi) is 11.3. The lowest BCUT2D eigenvalue weighted by molar-refractivity contribution is -0.147. The van der Waals surface area contributed by atoms with E-state index in [4.69, 9.17) is 4.74 Å². The van der Waals surface area contributed by atoms with Gasteiger partial charge < -0.3 is 9.47 Å². The van der Waals surface area contributed by atoms with Crippen LogP contribution in [-0.4, -0.2) is 25.2 Å². The second-order valence-corrected chi connectivity index (χ2v) is 4.11. The standard InChI is InChI=1S/C14H24O4/c1-3-5-6-7-8-9-11-17-14(16)10-12-18-13(15)4-2/h4H,2-3,5-12H2,1H3. The Morgan fingerprint density at radius 3 is 2.33 bits per heavy atom. The van der Waals surface area contributed by atoms with Gasteiger partial charge in [-0.2, -0.15) is 0 Å². The summed E-state index contributed by atoms with van der Waals surface area (Å²) in [7, 11) is 0.